The third kappa shape index (κ3) is 2.03. The van der Waals surface area contributed by atoms with Crippen LogP contribution in [0.5, 0.6) is 0 Å². The highest BCUT2D eigenvalue weighted by molar-refractivity contribution is 8.00. The van der Waals surface area contributed by atoms with E-state index < -0.39 is 0 Å². The van der Waals surface area contributed by atoms with Gasteiger partial charge < -0.3 is 4.90 Å². The smallest absolute Gasteiger partial charge is 0.225 e. The number of likely N-dealkylation sites (tertiary alicyclic amines) is 1. The molecule has 1 heterocycles. The number of carbonyl (C=O) groups is 1. The minimum Gasteiger partial charge on any atom is -0.342 e. The summed E-state index contributed by atoms with van der Waals surface area (Å²) in [6, 6.07) is 2.44. The summed E-state index contributed by atoms with van der Waals surface area (Å²) in [6.45, 7) is 1.55. The van der Waals surface area contributed by atoms with E-state index in [1.807, 2.05) is 11.2 Å². The predicted molar refractivity (Wildman–Crippen MR) is 72.0 cm³/mol. The molecule has 3 nitrogen and oxygen atoms in total. The van der Waals surface area contributed by atoms with Gasteiger partial charge >= 0.3 is 0 Å². The van der Waals surface area contributed by atoms with E-state index in [0.717, 1.165) is 50.6 Å². The Bertz CT molecular complexity index is 385. The number of carbonyl (C=O) groups excluding carboxylic acids is 1. The fourth-order valence-corrected chi connectivity index (χ4v) is 4.31. The van der Waals surface area contributed by atoms with Gasteiger partial charge in [0, 0.05) is 19.0 Å². The summed E-state index contributed by atoms with van der Waals surface area (Å²) in [7, 11) is 0. The van der Waals surface area contributed by atoms with Crippen molar-refractivity contribution in [3.8, 4) is 6.07 Å². The highest BCUT2D eigenvalue weighted by Crippen LogP contribution is 2.54. The second-order valence-corrected chi connectivity index (χ2v) is 7.25. The topological polar surface area (TPSA) is 44.1 Å². The lowest BCUT2D eigenvalue weighted by molar-refractivity contribution is -0.136. The van der Waals surface area contributed by atoms with Crippen LogP contribution in [0.1, 0.15) is 32.1 Å². The summed E-state index contributed by atoms with van der Waals surface area (Å²) in [5.41, 5.74) is 0. The van der Waals surface area contributed by atoms with Crippen LogP contribution in [0.4, 0.5) is 0 Å². The van der Waals surface area contributed by atoms with Gasteiger partial charge in [-0.25, -0.2) is 0 Å². The third-order valence-electron chi connectivity index (χ3n) is 5.07. The van der Waals surface area contributed by atoms with Crippen molar-refractivity contribution in [1.29, 1.82) is 5.26 Å². The van der Waals surface area contributed by atoms with Crippen molar-refractivity contribution in [2.24, 2.45) is 17.8 Å². The molecule has 0 aromatic heterocycles. The molecular weight excluding hydrogens is 244 g/mol. The van der Waals surface area contributed by atoms with Crippen LogP contribution in [0.3, 0.4) is 0 Å². The fraction of sp³-hybridized carbons (Fsp3) is 0.857. The molecule has 1 aliphatic heterocycles. The standard InChI is InChI=1S/C14H20N2OS/c1-18-14(9-15)2-4-16(5-3-14)13(17)12-7-10-6-11(10)8-12/h10-12H,2-8H2,1H3. The number of rotatable bonds is 2. The van der Waals surface area contributed by atoms with E-state index in [1.165, 1.54) is 6.42 Å². The van der Waals surface area contributed by atoms with E-state index in [0.29, 0.717) is 11.8 Å². The van der Waals surface area contributed by atoms with Crippen molar-refractivity contribution < 1.29 is 4.79 Å². The number of nitriles is 1. The van der Waals surface area contributed by atoms with Crippen LogP contribution in [0.2, 0.25) is 0 Å². The zero-order valence-corrected chi connectivity index (χ0v) is 11.7. The molecular formula is C14H20N2OS. The zero-order valence-electron chi connectivity index (χ0n) is 10.9. The Morgan fingerprint density at radius 3 is 2.39 bits per heavy atom. The predicted octanol–water partition coefficient (Wildman–Crippen LogP) is 2.28. The number of hydrogen-bond donors (Lipinski definition) is 0. The highest BCUT2D eigenvalue weighted by atomic mass is 32.2. The van der Waals surface area contributed by atoms with Gasteiger partial charge in [0.15, 0.2) is 0 Å². The van der Waals surface area contributed by atoms with Gasteiger partial charge in [0.1, 0.15) is 4.75 Å². The Labute approximate surface area is 113 Å². The maximum atomic E-state index is 12.4. The molecule has 0 spiro atoms. The van der Waals surface area contributed by atoms with Gasteiger partial charge in [0.2, 0.25) is 5.91 Å². The molecule has 4 heteroatoms. The summed E-state index contributed by atoms with van der Waals surface area (Å²) in [5, 5.41) is 9.24. The summed E-state index contributed by atoms with van der Waals surface area (Å²) < 4.78 is -0.241. The SMILES string of the molecule is CSC1(C#N)CCN(C(=O)C2CC3CC3C2)CC1. The first-order chi connectivity index (χ1) is 8.67. The van der Waals surface area contributed by atoms with E-state index in [9.17, 15) is 10.1 Å². The summed E-state index contributed by atoms with van der Waals surface area (Å²) in [6.07, 6.45) is 7.29. The Morgan fingerprint density at radius 2 is 1.89 bits per heavy atom. The first-order valence-electron chi connectivity index (χ1n) is 6.92. The second kappa shape index (κ2) is 4.45. The molecule has 3 aliphatic rings. The van der Waals surface area contributed by atoms with Crippen LogP contribution in [0, 0.1) is 29.1 Å². The molecule has 0 aromatic carbocycles. The quantitative estimate of drug-likeness (QED) is 0.768. The molecule has 0 aromatic rings. The minimum absolute atomic E-state index is 0.241. The third-order valence-corrected chi connectivity index (χ3v) is 6.35. The van der Waals surface area contributed by atoms with E-state index in [2.05, 4.69) is 6.07 Å². The van der Waals surface area contributed by atoms with Crippen molar-refractivity contribution in [2.45, 2.75) is 36.9 Å². The van der Waals surface area contributed by atoms with Gasteiger partial charge in [-0.05, 0) is 50.2 Å². The summed E-state index contributed by atoms with van der Waals surface area (Å²) in [5.74, 6) is 2.41. The molecule has 3 fully saturated rings. The molecule has 0 bridgehead atoms. The average molecular weight is 264 g/mol. The monoisotopic (exact) mass is 264 g/mol. The number of amides is 1. The van der Waals surface area contributed by atoms with E-state index in [4.69, 9.17) is 0 Å². The van der Waals surface area contributed by atoms with Crippen LogP contribution < -0.4 is 0 Å². The molecule has 1 amide bonds. The number of thioether (sulfide) groups is 1. The number of fused-ring (bicyclic) bond motifs is 1. The average Bonchev–Trinajstić information content (AvgIpc) is 3.04. The zero-order chi connectivity index (χ0) is 12.8. The molecule has 98 valence electrons. The maximum Gasteiger partial charge on any atom is 0.225 e. The van der Waals surface area contributed by atoms with Gasteiger partial charge in [-0.1, -0.05) is 0 Å². The molecule has 1 saturated heterocycles. The van der Waals surface area contributed by atoms with E-state index >= 15 is 0 Å². The number of piperidine rings is 1. The van der Waals surface area contributed by atoms with E-state index in [-0.39, 0.29) is 4.75 Å². The molecule has 2 aliphatic carbocycles. The van der Waals surface area contributed by atoms with Crippen molar-refractivity contribution >= 4 is 17.7 Å². The van der Waals surface area contributed by atoms with Crippen LogP contribution in [0.25, 0.3) is 0 Å². The highest BCUT2D eigenvalue weighted by Gasteiger charge is 2.49. The Kier molecular flexibility index (Phi) is 3.05. The minimum atomic E-state index is -0.241. The number of nitrogens with zero attached hydrogens (tertiary/aromatic N) is 2. The van der Waals surface area contributed by atoms with Crippen LogP contribution in [0.15, 0.2) is 0 Å². The van der Waals surface area contributed by atoms with E-state index in [1.54, 1.807) is 11.8 Å². The van der Waals surface area contributed by atoms with Crippen molar-refractivity contribution in [1.82, 2.24) is 4.90 Å². The Morgan fingerprint density at radius 1 is 1.28 bits per heavy atom. The molecule has 18 heavy (non-hydrogen) atoms. The molecule has 0 N–H and O–H groups in total. The van der Waals surface area contributed by atoms with Crippen molar-refractivity contribution in [3.05, 3.63) is 0 Å². The van der Waals surface area contributed by atoms with Gasteiger partial charge in [-0.3, -0.25) is 4.79 Å². The first kappa shape index (κ1) is 12.3. The van der Waals surface area contributed by atoms with Crippen LogP contribution in [-0.2, 0) is 4.79 Å². The normalized spacial score (nSPS) is 36.9. The lowest BCUT2D eigenvalue weighted by Gasteiger charge is -2.37. The molecule has 2 saturated carbocycles. The maximum absolute atomic E-state index is 12.4. The van der Waals surface area contributed by atoms with Gasteiger partial charge in [0.05, 0.1) is 6.07 Å². The summed E-state index contributed by atoms with van der Waals surface area (Å²) in [4.78, 5) is 14.4. The molecule has 2 atom stereocenters. The molecule has 3 rings (SSSR count). The molecule has 2 unspecified atom stereocenters. The fourth-order valence-electron chi connectivity index (χ4n) is 3.62. The lowest BCUT2D eigenvalue weighted by Crippen LogP contribution is -2.46. The van der Waals surface area contributed by atoms with Gasteiger partial charge in [-0.15, -0.1) is 11.8 Å². The van der Waals surface area contributed by atoms with Crippen LogP contribution in [-0.4, -0.2) is 34.9 Å². The lowest BCUT2D eigenvalue weighted by atomic mass is 9.94. The van der Waals surface area contributed by atoms with Gasteiger partial charge in [0.25, 0.3) is 0 Å². The second-order valence-electron chi connectivity index (χ2n) is 6.06. The number of hydrogen-bond acceptors (Lipinski definition) is 3. The van der Waals surface area contributed by atoms with Gasteiger partial charge in [-0.2, -0.15) is 5.26 Å². The Balaban J connectivity index is 1.56. The van der Waals surface area contributed by atoms with Crippen molar-refractivity contribution in [2.75, 3.05) is 19.3 Å². The Hall–Kier alpha value is -0.690. The molecule has 0 radical (unpaired) electrons. The summed E-state index contributed by atoms with van der Waals surface area (Å²) >= 11 is 1.65. The van der Waals surface area contributed by atoms with Crippen molar-refractivity contribution in [3.63, 3.8) is 0 Å². The first-order valence-corrected chi connectivity index (χ1v) is 8.15. The largest absolute Gasteiger partial charge is 0.342 e. The van der Waals surface area contributed by atoms with Crippen LogP contribution >= 0.6 is 11.8 Å².